The highest BCUT2D eigenvalue weighted by molar-refractivity contribution is 7.92. The van der Waals surface area contributed by atoms with E-state index in [1.54, 1.807) is 42.5 Å². The highest BCUT2D eigenvalue weighted by Crippen LogP contribution is 2.55. The molecular weight excluding hydrogens is 303 g/mol. The van der Waals surface area contributed by atoms with E-state index in [1.807, 2.05) is 0 Å². The predicted molar refractivity (Wildman–Crippen MR) is 82.5 cm³/mol. The molecule has 2 aromatic carbocycles. The Bertz CT molecular complexity index is 778. The molecule has 0 amide bonds. The van der Waals surface area contributed by atoms with Crippen molar-refractivity contribution >= 4 is 9.84 Å². The molecule has 0 bridgehead atoms. The van der Waals surface area contributed by atoms with E-state index in [2.05, 4.69) is 0 Å². The van der Waals surface area contributed by atoms with Gasteiger partial charge in [0.05, 0.1) is 15.7 Å². The third-order valence-electron chi connectivity index (χ3n) is 4.29. The second-order valence-corrected chi connectivity index (χ2v) is 7.69. The number of benzene rings is 2. The molecule has 0 unspecified atom stereocenters. The molecule has 1 fully saturated rings. The first kappa shape index (κ1) is 15.1. The first-order valence-electron chi connectivity index (χ1n) is 6.94. The van der Waals surface area contributed by atoms with Crippen LogP contribution in [0.1, 0.15) is 11.5 Å². The SMILES string of the molecule is NC[C@@]1(N)[C@@H](c2ccc(F)cc2)[C@@H]1S(=O)(=O)c1ccccc1. The molecule has 1 aliphatic carbocycles. The van der Waals surface area contributed by atoms with Crippen LogP contribution in [-0.2, 0) is 9.84 Å². The summed E-state index contributed by atoms with van der Waals surface area (Å²) in [6.07, 6.45) is 0. The summed E-state index contributed by atoms with van der Waals surface area (Å²) in [5, 5.41) is -0.794. The predicted octanol–water partition coefficient (Wildman–Crippen LogP) is 1.42. The Labute approximate surface area is 128 Å². The van der Waals surface area contributed by atoms with Crippen molar-refractivity contribution in [3.63, 3.8) is 0 Å². The van der Waals surface area contributed by atoms with Crippen LogP contribution >= 0.6 is 0 Å². The topological polar surface area (TPSA) is 86.2 Å². The second kappa shape index (κ2) is 5.15. The van der Waals surface area contributed by atoms with Crippen LogP contribution in [0.15, 0.2) is 59.5 Å². The lowest BCUT2D eigenvalue weighted by Crippen LogP contribution is -2.39. The normalized spacial score (nSPS) is 27.6. The lowest BCUT2D eigenvalue weighted by atomic mass is 10.1. The van der Waals surface area contributed by atoms with E-state index >= 15 is 0 Å². The fourth-order valence-corrected chi connectivity index (χ4v) is 5.39. The molecule has 22 heavy (non-hydrogen) atoms. The Kier molecular flexibility index (Phi) is 3.55. The fraction of sp³-hybridized carbons (Fsp3) is 0.250. The summed E-state index contributed by atoms with van der Waals surface area (Å²) in [5.74, 6) is -0.800. The van der Waals surface area contributed by atoms with E-state index in [0.29, 0.717) is 5.56 Å². The Morgan fingerprint density at radius 2 is 1.64 bits per heavy atom. The molecule has 4 nitrogen and oxygen atoms in total. The van der Waals surface area contributed by atoms with Crippen molar-refractivity contribution in [3.05, 3.63) is 66.0 Å². The van der Waals surface area contributed by atoms with Gasteiger partial charge in [-0.1, -0.05) is 30.3 Å². The van der Waals surface area contributed by atoms with Crippen LogP contribution in [0.2, 0.25) is 0 Å². The molecule has 3 rings (SSSR count). The first-order valence-corrected chi connectivity index (χ1v) is 8.49. The maximum Gasteiger partial charge on any atom is 0.183 e. The van der Waals surface area contributed by atoms with Crippen LogP contribution in [-0.4, -0.2) is 25.8 Å². The quantitative estimate of drug-likeness (QED) is 0.892. The summed E-state index contributed by atoms with van der Waals surface area (Å²) in [4.78, 5) is 0.230. The Morgan fingerprint density at radius 3 is 2.18 bits per heavy atom. The lowest BCUT2D eigenvalue weighted by Gasteiger charge is -2.08. The second-order valence-electron chi connectivity index (χ2n) is 5.62. The smallest absolute Gasteiger partial charge is 0.183 e. The third kappa shape index (κ3) is 2.24. The average Bonchev–Trinajstić information content (AvgIpc) is 3.17. The highest BCUT2D eigenvalue weighted by Gasteiger charge is 2.68. The molecule has 0 radical (unpaired) electrons. The van der Waals surface area contributed by atoms with E-state index in [-0.39, 0.29) is 17.3 Å². The molecule has 2 aromatic rings. The van der Waals surface area contributed by atoms with Gasteiger partial charge in [-0.15, -0.1) is 0 Å². The largest absolute Gasteiger partial charge is 0.329 e. The van der Waals surface area contributed by atoms with Crippen molar-refractivity contribution in [3.8, 4) is 0 Å². The van der Waals surface area contributed by atoms with Gasteiger partial charge in [-0.3, -0.25) is 0 Å². The highest BCUT2D eigenvalue weighted by atomic mass is 32.2. The first-order chi connectivity index (χ1) is 10.4. The van der Waals surface area contributed by atoms with Crippen molar-refractivity contribution in [1.29, 1.82) is 0 Å². The van der Waals surface area contributed by atoms with E-state index < -0.39 is 26.5 Å². The van der Waals surface area contributed by atoms with Crippen LogP contribution in [0.25, 0.3) is 0 Å². The summed E-state index contributed by atoms with van der Waals surface area (Å²) in [6.45, 7) is 0.0474. The minimum atomic E-state index is -3.59. The van der Waals surface area contributed by atoms with Gasteiger partial charge in [0.1, 0.15) is 5.82 Å². The molecule has 1 aliphatic rings. The molecule has 1 saturated carbocycles. The van der Waals surface area contributed by atoms with E-state index in [1.165, 1.54) is 12.1 Å². The molecule has 116 valence electrons. The van der Waals surface area contributed by atoms with Gasteiger partial charge < -0.3 is 11.5 Å². The third-order valence-corrected chi connectivity index (χ3v) is 6.60. The molecule has 0 saturated heterocycles. The molecule has 0 spiro atoms. The number of rotatable bonds is 4. The number of halogens is 1. The number of sulfone groups is 1. The van der Waals surface area contributed by atoms with Crippen molar-refractivity contribution in [2.45, 2.75) is 21.6 Å². The minimum Gasteiger partial charge on any atom is -0.329 e. The van der Waals surface area contributed by atoms with Gasteiger partial charge in [-0.05, 0) is 29.8 Å². The zero-order chi connectivity index (χ0) is 16.0. The van der Waals surface area contributed by atoms with Gasteiger partial charge in [-0.2, -0.15) is 0 Å². The maximum absolute atomic E-state index is 13.1. The summed E-state index contributed by atoms with van der Waals surface area (Å²) in [5.41, 5.74) is 11.6. The molecule has 0 aliphatic heterocycles. The van der Waals surface area contributed by atoms with Crippen LogP contribution in [0.5, 0.6) is 0 Å². The van der Waals surface area contributed by atoms with Gasteiger partial charge in [0.2, 0.25) is 0 Å². The average molecular weight is 320 g/mol. The van der Waals surface area contributed by atoms with Gasteiger partial charge in [0.15, 0.2) is 9.84 Å². The Balaban J connectivity index is 2.02. The summed E-state index contributed by atoms with van der Waals surface area (Å²) in [6, 6.07) is 13.9. The van der Waals surface area contributed by atoms with Gasteiger partial charge in [-0.25, -0.2) is 12.8 Å². The van der Waals surface area contributed by atoms with E-state index in [9.17, 15) is 12.8 Å². The number of hydrogen-bond acceptors (Lipinski definition) is 4. The van der Waals surface area contributed by atoms with Gasteiger partial charge >= 0.3 is 0 Å². The van der Waals surface area contributed by atoms with E-state index in [4.69, 9.17) is 11.5 Å². The fourth-order valence-electron chi connectivity index (χ4n) is 3.05. The zero-order valence-corrected chi connectivity index (χ0v) is 12.6. The minimum absolute atomic E-state index is 0.0474. The van der Waals surface area contributed by atoms with Gasteiger partial charge in [0, 0.05) is 12.5 Å². The summed E-state index contributed by atoms with van der Waals surface area (Å²) in [7, 11) is -3.59. The maximum atomic E-state index is 13.1. The van der Waals surface area contributed by atoms with Crippen LogP contribution in [0.3, 0.4) is 0 Å². The number of nitrogens with two attached hydrogens (primary N) is 2. The molecule has 6 heteroatoms. The molecule has 0 aromatic heterocycles. The van der Waals surface area contributed by atoms with Crippen molar-refractivity contribution in [2.75, 3.05) is 6.54 Å². The van der Waals surface area contributed by atoms with Crippen LogP contribution in [0.4, 0.5) is 4.39 Å². The standard InChI is InChI=1S/C16H17FN2O2S/c17-12-8-6-11(7-9-12)14-15(16(14,19)10-18)22(20,21)13-4-2-1-3-5-13/h1-9,14-15H,10,18-19H2/t14-,15-,16+/m0/s1. The van der Waals surface area contributed by atoms with Crippen molar-refractivity contribution in [2.24, 2.45) is 11.5 Å². The molecule has 4 N–H and O–H groups in total. The van der Waals surface area contributed by atoms with Gasteiger partial charge in [0.25, 0.3) is 0 Å². The monoisotopic (exact) mass is 320 g/mol. The van der Waals surface area contributed by atoms with E-state index in [0.717, 1.165) is 0 Å². The lowest BCUT2D eigenvalue weighted by molar-refractivity contribution is 0.586. The number of hydrogen-bond donors (Lipinski definition) is 2. The molecule has 3 atom stereocenters. The Morgan fingerprint density at radius 1 is 1.05 bits per heavy atom. The molecule has 0 heterocycles. The molecular formula is C16H17FN2O2S. The zero-order valence-electron chi connectivity index (χ0n) is 11.8. The summed E-state index contributed by atoms with van der Waals surface area (Å²) >= 11 is 0. The van der Waals surface area contributed by atoms with Crippen LogP contribution < -0.4 is 11.5 Å². The van der Waals surface area contributed by atoms with Crippen LogP contribution in [0, 0.1) is 5.82 Å². The Hall–Kier alpha value is -1.76. The van der Waals surface area contributed by atoms with Crippen molar-refractivity contribution in [1.82, 2.24) is 0 Å². The van der Waals surface area contributed by atoms with Crippen molar-refractivity contribution < 1.29 is 12.8 Å². The summed E-state index contributed by atoms with van der Waals surface area (Å²) < 4.78 is 38.7.